The van der Waals surface area contributed by atoms with Crippen molar-refractivity contribution < 1.29 is 18.7 Å². The number of nitrogens with zero attached hydrogens (tertiary/aromatic N) is 2. The minimum atomic E-state index is -0.311. The van der Waals surface area contributed by atoms with E-state index in [4.69, 9.17) is 9.47 Å². The van der Waals surface area contributed by atoms with Gasteiger partial charge in [-0.05, 0) is 24.3 Å². The van der Waals surface area contributed by atoms with Gasteiger partial charge in [0.1, 0.15) is 5.82 Å². The Hall–Kier alpha value is -3.35. The van der Waals surface area contributed by atoms with E-state index >= 15 is 0 Å². The smallest absolute Gasteiger partial charge is 0.257 e. The third kappa shape index (κ3) is 3.16. The predicted molar refractivity (Wildman–Crippen MR) is 88.2 cm³/mol. The van der Waals surface area contributed by atoms with E-state index < -0.39 is 0 Å². The van der Waals surface area contributed by atoms with E-state index in [1.807, 2.05) is 0 Å². The average Bonchev–Trinajstić information content (AvgIpc) is 3.25. The predicted octanol–water partition coefficient (Wildman–Crippen LogP) is 3.05. The van der Waals surface area contributed by atoms with Crippen molar-refractivity contribution in [3.8, 4) is 11.5 Å². The van der Waals surface area contributed by atoms with Gasteiger partial charge >= 0.3 is 0 Å². The van der Waals surface area contributed by atoms with Gasteiger partial charge in [0.2, 0.25) is 6.79 Å². The maximum Gasteiger partial charge on any atom is 0.257 e. The molecule has 0 radical (unpaired) electrons. The largest absolute Gasteiger partial charge is 0.454 e. The number of carbonyl (C=O) groups is 1. The number of amides is 1. The summed E-state index contributed by atoms with van der Waals surface area (Å²) in [5, 5.41) is 6.96. The number of rotatable bonds is 4. The normalized spacial score (nSPS) is 12.2. The first-order valence-corrected chi connectivity index (χ1v) is 7.67. The molecular weight excluding hydrogens is 325 g/mol. The molecule has 0 aliphatic carbocycles. The molecule has 1 aliphatic heterocycles. The first-order valence-electron chi connectivity index (χ1n) is 7.67. The molecule has 7 heteroatoms. The second kappa shape index (κ2) is 6.27. The SMILES string of the molecule is O=C(Nc1ccn(Cc2ccccc2F)n1)c1ccc2c(c1)OCO2. The van der Waals surface area contributed by atoms with E-state index in [9.17, 15) is 9.18 Å². The van der Waals surface area contributed by atoms with Crippen LogP contribution < -0.4 is 14.8 Å². The zero-order valence-electron chi connectivity index (χ0n) is 13.1. The van der Waals surface area contributed by atoms with Crippen LogP contribution in [0.4, 0.5) is 10.2 Å². The molecule has 0 saturated carbocycles. The molecule has 0 fully saturated rings. The van der Waals surface area contributed by atoms with Crippen LogP contribution in [-0.4, -0.2) is 22.5 Å². The Bertz CT molecular complexity index is 939. The summed E-state index contributed by atoms with van der Waals surface area (Å²) in [5.74, 6) is 0.945. The number of hydrogen-bond acceptors (Lipinski definition) is 4. The Morgan fingerprint density at radius 2 is 2.00 bits per heavy atom. The molecule has 25 heavy (non-hydrogen) atoms. The molecule has 0 unspecified atom stereocenters. The van der Waals surface area contributed by atoms with Crippen molar-refractivity contribution in [2.75, 3.05) is 12.1 Å². The van der Waals surface area contributed by atoms with Crippen LogP contribution in [0, 0.1) is 5.82 Å². The standard InChI is InChI=1S/C18H14FN3O3/c19-14-4-2-1-3-13(14)10-22-8-7-17(21-22)20-18(23)12-5-6-15-16(9-12)25-11-24-15/h1-9H,10-11H2,(H,20,21,23). The van der Waals surface area contributed by atoms with Crippen molar-refractivity contribution in [2.45, 2.75) is 6.54 Å². The van der Waals surface area contributed by atoms with E-state index in [0.717, 1.165) is 0 Å². The molecule has 3 aromatic rings. The van der Waals surface area contributed by atoms with Crippen molar-refractivity contribution in [1.82, 2.24) is 9.78 Å². The molecule has 1 N–H and O–H groups in total. The number of benzene rings is 2. The molecule has 126 valence electrons. The van der Waals surface area contributed by atoms with Crippen LogP contribution in [0.25, 0.3) is 0 Å². The summed E-state index contributed by atoms with van der Waals surface area (Å²) in [4.78, 5) is 12.3. The fourth-order valence-electron chi connectivity index (χ4n) is 2.54. The number of nitrogens with one attached hydrogen (secondary N) is 1. The second-order valence-corrected chi connectivity index (χ2v) is 5.51. The van der Waals surface area contributed by atoms with E-state index in [-0.39, 0.29) is 25.1 Å². The number of ether oxygens (including phenoxy) is 2. The van der Waals surface area contributed by atoms with Crippen LogP contribution >= 0.6 is 0 Å². The van der Waals surface area contributed by atoms with Crippen LogP contribution in [0.5, 0.6) is 11.5 Å². The minimum Gasteiger partial charge on any atom is -0.454 e. The maximum atomic E-state index is 13.7. The van der Waals surface area contributed by atoms with E-state index in [0.29, 0.717) is 28.4 Å². The number of hydrogen-bond donors (Lipinski definition) is 1. The lowest BCUT2D eigenvalue weighted by molar-refractivity contribution is 0.102. The average molecular weight is 339 g/mol. The molecule has 0 bridgehead atoms. The third-order valence-corrected chi connectivity index (χ3v) is 3.81. The van der Waals surface area contributed by atoms with Crippen molar-refractivity contribution in [1.29, 1.82) is 0 Å². The highest BCUT2D eigenvalue weighted by Gasteiger charge is 2.16. The number of aromatic nitrogens is 2. The van der Waals surface area contributed by atoms with Gasteiger partial charge in [0, 0.05) is 23.4 Å². The fourth-order valence-corrected chi connectivity index (χ4v) is 2.54. The van der Waals surface area contributed by atoms with Gasteiger partial charge in [0.05, 0.1) is 6.54 Å². The summed E-state index contributed by atoms with van der Waals surface area (Å²) in [5.41, 5.74) is 0.965. The molecule has 1 amide bonds. The Morgan fingerprint density at radius 1 is 1.16 bits per heavy atom. The lowest BCUT2D eigenvalue weighted by atomic mass is 10.2. The van der Waals surface area contributed by atoms with Gasteiger partial charge in [-0.2, -0.15) is 5.10 Å². The molecule has 4 rings (SSSR count). The fraction of sp³-hybridized carbons (Fsp3) is 0.111. The van der Waals surface area contributed by atoms with Gasteiger partial charge in [-0.25, -0.2) is 4.39 Å². The van der Waals surface area contributed by atoms with E-state index in [2.05, 4.69) is 10.4 Å². The van der Waals surface area contributed by atoms with Crippen LogP contribution in [0.3, 0.4) is 0 Å². The van der Waals surface area contributed by atoms with Gasteiger partial charge in [0.25, 0.3) is 5.91 Å². The molecule has 0 spiro atoms. The Labute approximate surface area is 142 Å². The second-order valence-electron chi connectivity index (χ2n) is 5.51. The monoisotopic (exact) mass is 339 g/mol. The summed E-state index contributed by atoms with van der Waals surface area (Å²) in [6, 6.07) is 13.1. The minimum absolute atomic E-state index is 0.154. The highest BCUT2D eigenvalue weighted by Crippen LogP contribution is 2.32. The molecule has 6 nitrogen and oxygen atoms in total. The zero-order chi connectivity index (χ0) is 17.2. The van der Waals surface area contributed by atoms with E-state index in [1.165, 1.54) is 6.07 Å². The maximum absolute atomic E-state index is 13.7. The summed E-state index contributed by atoms with van der Waals surface area (Å²) in [6.45, 7) is 0.438. The summed E-state index contributed by atoms with van der Waals surface area (Å²) in [7, 11) is 0. The highest BCUT2D eigenvalue weighted by molar-refractivity contribution is 6.04. The lowest BCUT2D eigenvalue weighted by Gasteiger charge is -2.04. The Balaban J connectivity index is 1.46. The first kappa shape index (κ1) is 15.2. The van der Waals surface area contributed by atoms with Gasteiger partial charge < -0.3 is 14.8 Å². The molecule has 0 atom stereocenters. The van der Waals surface area contributed by atoms with Crippen molar-refractivity contribution >= 4 is 11.7 Å². The Kier molecular flexibility index (Phi) is 3.81. The van der Waals surface area contributed by atoms with Crippen molar-refractivity contribution in [2.24, 2.45) is 0 Å². The summed E-state index contributed by atoms with van der Waals surface area (Å²) < 4.78 is 25.7. The molecule has 0 saturated heterocycles. The quantitative estimate of drug-likeness (QED) is 0.793. The first-order chi connectivity index (χ1) is 12.2. The summed E-state index contributed by atoms with van der Waals surface area (Å²) in [6.07, 6.45) is 1.68. The molecular formula is C18H14FN3O3. The van der Waals surface area contributed by atoms with Gasteiger partial charge in [-0.3, -0.25) is 9.48 Å². The third-order valence-electron chi connectivity index (χ3n) is 3.81. The molecule has 2 aromatic carbocycles. The van der Waals surface area contributed by atoms with Gasteiger partial charge in [-0.15, -0.1) is 0 Å². The van der Waals surface area contributed by atoms with E-state index in [1.54, 1.807) is 53.3 Å². The lowest BCUT2D eigenvalue weighted by Crippen LogP contribution is -2.13. The van der Waals surface area contributed by atoms with Crippen LogP contribution in [0.15, 0.2) is 54.7 Å². The molecule has 1 aromatic heterocycles. The van der Waals surface area contributed by atoms with Crippen molar-refractivity contribution in [3.05, 3.63) is 71.7 Å². The number of halogens is 1. The molecule has 1 aliphatic rings. The van der Waals surface area contributed by atoms with Gasteiger partial charge in [-0.1, -0.05) is 18.2 Å². The Morgan fingerprint density at radius 3 is 2.88 bits per heavy atom. The topological polar surface area (TPSA) is 65.4 Å². The van der Waals surface area contributed by atoms with Crippen molar-refractivity contribution in [3.63, 3.8) is 0 Å². The molecule has 2 heterocycles. The highest BCUT2D eigenvalue weighted by atomic mass is 19.1. The van der Waals surface area contributed by atoms with Crippen LogP contribution in [-0.2, 0) is 6.54 Å². The summed E-state index contributed by atoms with van der Waals surface area (Å²) >= 11 is 0. The van der Waals surface area contributed by atoms with Gasteiger partial charge in [0.15, 0.2) is 17.3 Å². The van der Waals surface area contributed by atoms with Crippen LogP contribution in [0.1, 0.15) is 15.9 Å². The number of fused-ring (bicyclic) bond motifs is 1. The zero-order valence-corrected chi connectivity index (χ0v) is 13.1. The number of carbonyl (C=O) groups excluding carboxylic acids is 1. The number of anilines is 1. The van der Waals surface area contributed by atoms with Crippen LogP contribution in [0.2, 0.25) is 0 Å².